The van der Waals surface area contributed by atoms with Crippen molar-refractivity contribution < 1.29 is 14.3 Å². The fraction of sp³-hybridized carbons (Fsp3) is 0.478. The standard InChI is InChI=1S/C23H30N2O3S/c1-4-21(26)24(12-7-14-28-3)16-22(27)25-13-10-20-19(11-15-29-20)23(25)18-9-6-5-8-17(18)2/h5-6,8-9,11,15,23H,4,7,10,12-14,16H2,1-3H3/t23-/m0/s1. The van der Waals surface area contributed by atoms with E-state index < -0.39 is 0 Å². The van der Waals surface area contributed by atoms with Crippen LogP contribution in [0.3, 0.4) is 0 Å². The summed E-state index contributed by atoms with van der Waals surface area (Å²) in [5.74, 6) is 0.0180. The van der Waals surface area contributed by atoms with Crippen molar-refractivity contribution in [2.45, 2.75) is 39.2 Å². The molecule has 6 heteroatoms. The van der Waals surface area contributed by atoms with E-state index in [0.717, 1.165) is 18.4 Å². The van der Waals surface area contributed by atoms with Gasteiger partial charge >= 0.3 is 0 Å². The zero-order chi connectivity index (χ0) is 20.8. The Balaban J connectivity index is 1.86. The SMILES string of the molecule is CCC(=O)N(CCCOC)CC(=O)N1CCc2sccc2[C@@H]1c1ccccc1C. The highest BCUT2D eigenvalue weighted by Gasteiger charge is 2.34. The Bertz CT molecular complexity index is 848. The van der Waals surface area contributed by atoms with Crippen molar-refractivity contribution in [2.24, 2.45) is 0 Å². The number of aryl methyl sites for hydroxylation is 1. The van der Waals surface area contributed by atoms with Gasteiger partial charge in [-0.2, -0.15) is 0 Å². The molecule has 0 N–H and O–H groups in total. The number of carbonyl (C=O) groups excluding carboxylic acids is 2. The maximum Gasteiger partial charge on any atom is 0.242 e. The van der Waals surface area contributed by atoms with Crippen molar-refractivity contribution in [1.82, 2.24) is 9.80 Å². The topological polar surface area (TPSA) is 49.9 Å². The fourth-order valence-electron chi connectivity index (χ4n) is 3.98. The van der Waals surface area contributed by atoms with Crippen molar-refractivity contribution in [3.8, 4) is 0 Å². The molecule has 0 saturated carbocycles. The lowest BCUT2D eigenvalue weighted by molar-refractivity contribution is -0.141. The van der Waals surface area contributed by atoms with Crippen LogP contribution in [0, 0.1) is 6.92 Å². The van der Waals surface area contributed by atoms with Crippen LogP contribution in [-0.2, 0) is 20.7 Å². The smallest absolute Gasteiger partial charge is 0.242 e. The normalized spacial score (nSPS) is 15.8. The highest BCUT2D eigenvalue weighted by atomic mass is 32.1. The zero-order valence-corrected chi connectivity index (χ0v) is 18.3. The second-order valence-electron chi connectivity index (χ2n) is 7.41. The number of ether oxygens (including phenoxy) is 1. The van der Waals surface area contributed by atoms with Gasteiger partial charge in [0, 0.05) is 38.1 Å². The lowest BCUT2D eigenvalue weighted by Gasteiger charge is -2.38. The molecule has 0 spiro atoms. The summed E-state index contributed by atoms with van der Waals surface area (Å²) >= 11 is 1.76. The third-order valence-corrected chi connectivity index (χ3v) is 6.52. The summed E-state index contributed by atoms with van der Waals surface area (Å²) in [5, 5.41) is 2.11. The highest BCUT2D eigenvalue weighted by Crippen LogP contribution is 2.38. The molecule has 156 valence electrons. The van der Waals surface area contributed by atoms with E-state index in [1.807, 2.05) is 24.0 Å². The first-order valence-electron chi connectivity index (χ1n) is 10.2. The molecule has 0 unspecified atom stereocenters. The molecule has 0 fully saturated rings. The minimum Gasteiger partial charge on any atom is -0.385 e. The summed E-state index contributed by atoms with van der Waals surface area (Å²) in [7, 11) is 1.65. The molecule has 0 aliphatic carbocycles. The van der Waals surface area contributed by atoms with E-state index in [2.05, 4.69) is 30.5 Å². The number of hydrogen-bond acceptors (Lipinski definition) is 4. The molecule has 2 amide bonds. The number of amides is 2. The summed E-state index contributed by atoms with van der Waals surface area (Å²) in [6, 6.07) is 10.3. The molecule has 0 radical (unpaired) electrons. The maximum atomic E-state index is 13.4. The van der Waals surface area contributed by atoms with Gasteiger partial charge in [0.15, 0.2) is 0 Å². The molecular formula is C23H30N2O3S. The van der Waals surface area contributed by atoms with Crippen LogP contribution in [0.5, 0.6) is 0 Å². The van der Waals surface area contributed by atoms with E-state index in [-0.39, 0.29) is 24.4 Å². The van der Waals surface area contributed by atoms with E-state index >= 15 is 0 Å². The van der Waals surface area contributed by atoms with Gasteiger partial charge < -0.3 is 14.5 Å². The van der Waals surface area contributed by atoms with Gasteiger partial charge in [-0.3, -0.25) is 9.59 Å². The largest absolute Gasteiger partial charge is 0.385 e. The van der Waals surface area contributed by atoms with E-state index in [0.29, 0.717) is 26.1 Å². The average molecular weight is 415 g/mol. The molecule has 0 bridgehead atoms. The van der Waals surface area contributed by atoms with Crippen LogP contribution in [0.15, 0.2) is 35.7 Å². The van der Waals surface area contributed by atoms with Gasteiger partial charge in [0.25, 0.3) is 0 Å². The number of benzene rings is 1. The summed E-state index contributed by atoms with van der Waals surface area (Å²) < 4.78 is 5.11. The van der Waals surface area contributed by atoms with Gasteiger partial charge in [-0.1, -0.05) is 31.2 Å². The minimum atomic E-state index is -0.0868. The highest BCUT2D eigenvalue weighted by molar-refractivity contribution is 7.10. The van der Waals surface area contributed by atoms with Gasteiger partial charge in [-0.25, -0.2) is 0 Å². The van der Waals surface area contributed by atoms with Crippen LogP contribution in [0.4, 0.5) is 0 Å². The van der Waals surface area contributed by atoms with Crippen LogP contribution in [0.2, 0.25) is 0 Å². The number of hydrogen-bond donors (Lipinski definition) is 0. The van der Waals surface area contributed by atoms with Crippen molar-refractivity contribution in [2.75, 3.05) is 33.4 Å². The summed E-state index contributed by atoms with van der Waals surface area (Å²) in [6.45, 7) is 5.85. The number of methoxy groups -OCH3 is 1. The van der Waals surface area contributed by atoms with E-state index in [4.69, 9.17) is 4.74 Å². The summed E-state index contributed by atoms with van der Waals surface area (Å²) in [6.07, 6.45) is 1.99. The Morgan fingerprint density at radius 1 is 1.24 bits per heavy atom. The van der Waals surface area contributed by atoms with Crippen LogP contribution >= 0.6 is 11.3 Å². The van der Waals surface area contributed by atoms with Gasteiger partial charge in [0.1, 0.15) is 0 Å². The molecule has 1 aliphatic heterocycles. The molecule has 1 aliphatic rings. The van der Waals surface area contributed by atoms with Crippen LogP contribution < -0.4 is 0 Å². The summed E-state index contributed by atoms with van der Waals surface area (Å²) in [5.41, 5.74) is 3.56. The predicted molar refractivity (Wildman–Crippen MR) is 116 cm³/mol. The first kappa shape index (κ1) is 21.5. The molecule has 29 heavy (non-hydrogen) atoms. The third kappa shape index (κ3) is 4.87. The van der Waals surface area contributed by atoms with Crippen molar-refractivity contribution in [1.29, 1.82) is 0 Å². The third-order valence-electron chi connectivity index (χ3n) is 5.53. The van der Waals surface area contributed by atoms with Crippen molar-refractivity contribution in [3.63, 3.8) is 0 Å². The number of nitrogens with zero attached hydrogens (tertiary/aromatic N) is 2. The molecule has 0 saturated heterocycles. The molecule has 2 aromatic rings. The number of fused-ring (bicyclic) bond motifs is 1. The summed E-state index contributed by atoms with van der Waals surface area (Å²) in [4.78, 5) is 30.8. The predicted octanol–water partition coefficient (Wildman–Crippen LogP) is 3.81. The lowest BCUT2D eigenvalue weighted by Crippen LogP contribution is -2.47. The molecule has 1 aromatic heterocycles. The number of carbonyl (C=O) groups is 2. The Morgan fingerprint density at radius 2 is 2.03 bits per heavy atom. The second-order valence-corrected chi connectivity index (χ2v) is 8.41. The monoisotopic (exact) mass is 414 g/mol. The molecular weight excluding hydrogens is 384 g/mol. The van der Waals surface area contributed by atoms with Gasteiger partial charge in [-0.05, 0) is 47.9 Å². The van der Waals surface area contributed by atoms with Crippen LogP contribution in [-0.4, -0.2) is 55.0 Å². The van der Waals surface area contributed by atoms with Crippen molar-refractivity contribution >= 4 is 23.2 Å². The van der Waals surface area contributed by atoms with Gasteiger partial charge in [0.2, 0.25) is 11.8 Å². The van der Waals surface area contributed by atoms with E-state index in [1.54, 1.807) is 23.3 Å². The van der Waals surface area contributed by atoms with Gasteiger partial charge in [0.05, 0.1) is 12.6 Å². The Kier molecular flexibility index (Phi) is 7.45. The zero-order valence-electron chi connectivity index (χ0n) is 17.5. The Hall–Kier alpha value is -2.18. The Morgan fingerprint density at radius 3 is 2.76 bits per heavy atom. The molecule has 2 heterocycles. The first-order chi connectivity index (χ1) is 14.1. The fourth-order valence-corrected chi connectivity index (χ4v) is 4.89. The number of thiophene rings is 1. The van der Waals surface area contributed by atoms with Gasteiger partial charge in [-0.15, -0.1) is 11.3 Å². The molecule has 3 rings (SSSR count). The molecule has 1 atom stereocenters. The van der Waals surface area contributed by atoms with Crippen molar-refractivity contribution in [3.05, 3.63) is 57.3 Å². The van der Waals surface area contributed by atoms with Crippen LogP contribution in [0.25, 0.3) is 0 Å². The maximum absolute atomic E-state index is 13.4. The van der Waals surface area contributed by atoms with Crippen LogP contribution in [0.1, 0.15) is 47.4 Å². The lowest BCUT2D eigenvalue weighted by atomic mass is 9.90. The first-order valence-corrected chi connectivity index (χ1v) is 11.1. The van der Waals surface area contributed by atoms with E-state index in [1.165, 1.54) is 16.0 Å². The van der Waals surface area contributed by atoms with E-state index in [9.17, 15) is 9.59 Å². The molecule has 5 nitrogen and oxygen atoms in total. The number of rotatable bonds is 8. The Labute approximate surface area is 177 Å². The second kappa shape index (κ2) is 10.0. The quantitative estimate of drug-likeness (QED) is 0.617. The molecule has 1 aromatic carbocycles. The minimum absolute atomic E-state index is 0.00863. The average Bonchev–Trinajstić information content (AvgIpc) is 3.21.